The molecule has 0 aliphatic carbocycles. The van der Waals surface area contributed by atoms with Gasteiger partial charge in [-0.25, -0.2) is 5.32 Å². The maximum absolute atomic E-state index is 4.45. The Labute approximate surface area is 57.2 Å². The molecule has 0 N–H and O–H groups in total. The average Bonchev–Trinajstić information content (AvgIpc) is 1.90. The first-order valence-electron chi connectivity index (χ1n) is 3.64. The van der Waals surface area contributed by atoms with Gasteiger partial charge in [-0.3, -0.25) is 4.90 Å². The van der Waals surface area contributed by atoms with Crippen molar-refractivity contribution in [1.29, 1.82) is 0 Å². The van der Waals surface area contributed by atoms with Crippen molar-refractivity contribution in [3.05, 3.63) is 0 Å². The van der Waals surface area contributed by atoms with E-state index in [0.717, 1.165) is 6.54 Å². The van der Waals surface area contributed by atoms with Gasteiger partial charge in [-0.2, -0.15) is 0 Å². The topological polar surface area (TPSA) is 17.3 Å². The Morgan fingerprint density at radius 1 is 1.33 bits per heavy atom. The summed E-state index contributed by atoms with van der Waals surface area (Å²) >= 11 is 0. The normalized spacial score (nSPS) is 29.0. The molecule has 1 radical (unpaired) electrons. The number of hydrogen-bond acceptors (Lipinski definition) is 1. The van der Waals surface area contributed by atoms with E-state index in [1.54, 1.807) is 0 Å². The Bertz CT molecular complexity index is 75.0. The lowest BCUT2D eigenvalue weighted by Crippen LogP contribution is -2.39. The third-order valence-electron chi connectivity index (χ3n) is 1.81. The van der Waals surface area contributed by atoms with Crippen LogP contribution in [0.3, 0.4) is 0 Å². The zero-order valence-electron chi connectivity index (χ0n) is 6.30. The van der Waals surface area contributed by atoms with Crippen molar-refractivity contribution in [1.82, 2.24) is 10.2 Å². The second kappa shape index (κ2) is 3.18. The van der Waals surface area contributed by atoms with E-state index in [2.05, 4.69) is 24.3 Å². The van der Waals surface area contributed by atoms with Gasteiger partial charge in [0.05, 0.1) is 6.17 Å². The minimum absolute atomic E-state index is 0.513. The monoisotopic (exact) mass is 127 g/mol. The largest absolute Gasteiger partial charge is 0.293 e. The van der Waals surface area contributed by atoms with Crippen LogP contribution in [0.25, 0.3) is 0 Å². The quantitative estimate of drug-likeness (QED) is 0.506. The second-order valence-corrected chi connectivity index (χ2v) is 2.85. The van der Waals surface area contributed by atoms with E-state index < -0.39 is 0 Å². The van der Waals surface area contributed by atoms with E-state index in [0.29, 0.717) is 6.17 Å². The molecule has 1 saturated heterocycles. The predicted molar refractivity (Wildman–Crippen MR) is 38.3 cm³/mol. The van der Waals surface area contributed by atoms with Crippen molar-refractivity contribution < 1.29 is 0 Å². The average molecular weight is 127 g/mol. The summed E-state index contributed by atoms with van der Waals surface area (Å²) in [4.78, 5) is 2.19. The van der Waals surface area contributed by atoms with E-state index >= 15 is 0 Å². The molecule has 2 heteroatoms. The van der Waals surface area contributed by atoms with Crippen LogP contribution in [0.5, 0.6) is 0 Å². The molecule has 1 heterocycles. The molecule has 1 fully saturated rings. The van der Waals surface area contributed by atoms with Gasteiger partial charge in [-0.15, -0.1) is 0 Å². The summed E-state index contributed by atoms with van der Waals surface area (Å²) in [6.45, 7) is 1.07. The van der Waals surface area contributed by atoms with E-state index in [1.807, 2.05) is 0 Å². The van der Waals surface area contributed by atoms with Crippen LogP contribution < -0.4 is 5.32 Å². The minimum Gasteiger partial charge on any atom is -0.293 e. The number of nitrogens with zero attached hydrogens (tertiary/aromatic N) is 2. The molecular weight excluding hydrogens is 112 g/mol. The summed E-state index contributed by atoms with van der Waals surface area (Å²) < 4.78 is 0. The lowest BCUT2D eigenvalue weighted by Gasteiger charge is -2.27. The van der Waals surface area contributed by atoms with E-state index in [9.17, 15) is 0 Å². The van der Waals surface area contributed by atoms with Crippen molar-refractivity contribution >= 4 is 0 Å². The maximum Gasteiger partial charge on any atom is 0.0755 e. The number of rotatable bonds is 1. The molecule has 0 amide bonds. The first-order chi connectivity index (χ1) is 4.30. The molecule has 0 bridgehead atoms. The predicted octanol–water partition coefficient (Wildman–Crippen LogP) is 0.662. The Morgan fingerprint density at radius 3 is 2.44 bits per heavy atom. The highest BCUT2D eigenvalue weighted by atomic mass is 15.2. The van der Waals surface area contributed by atoms with Crippen LogP contribution in [0.4, 0.5) is 0 Å². The lowest BCUT2D eigenvalue weighted by molar-refractivity contribution is 0.200. The van der Waals surface area contributed by atoms with Crippen molar-refractivity contribution in [2.45, 2.75) is 25.4 Å². The van der Waals surface area contributed by atoms with Gasteiger partial charge >= 0.3 is 0 Å². The summed E-state index contributed by atoms with van der Waals surface area (Å²) in [5.74, 6) is 0. The summed E-state index contributed by atoms with van der Waals surface area (Å²) in [7, 11) is 4.19. The van der Waals surface area contributed by atoms with Gasteiger partial charge in [0.15, 0.2) is 0 Å². The Hall–Kier alpha value is -0.0800. The molecule has 2 nitrogen and oxygen atoms in total. The zero-order valence-corrected chi connectivity index (χ0v) is 6.30. The molecule has 0 aromatic rings. The first kappa shape index (κ1) is 7.03. The van der Waals surface area contributed by atoms with Gasteiger partial charge in [0.1, 0.15) is 0 Å². The molecule has 1 aliphatic heterocycles. The van der Waals surface area contributed by atoms with Crippen LogP contribution in [0.2, 0.25) is 0 Å². The number of piperidine rings is 1. The van der Waals surface area contributed by atoms with Gasteiger partial charge in [0, 0.05) is 6.54 Å². The standard InChI is InChI=1S/C7H15N2/c1-9(2)7-5-3-4-6-8-7/h7H,3-6H2,1-2H3. The molecule has 1 unspecified atom stereocenters. The van der Waals surface area contributed by atoms with E-state index in [-0.39, 0.29) is 0 Å². The minimum atomic E-state index is 0.513. The van der Waals surface area contributed by atoms with Gasteiger partial charge in [0.2, 0.25) is 0 Å². The van der Waals surface area contributed by atoms with Crippen LogP contribution in [-0.4, -0.2) is 31.7 Å². The van der Waals surface area contributed by atoms with Crippen LogP contribution in [0.1, 0.15) is 19.3 Å². The SMILES string of the molecule is CN(C)C1CCCC[N]1. The van der Waals surface area contributed by atoms with Crippen LogP contribution in [0, 0.1) is 0 Å². The summed E-state index contributed by atoms with van der Waals surface area (Å²) in [5, 5.41) is 4.45. The molecule has 53 valence electrons. The maximum atomic E-state index is 4.45. The molecule has 0 aromatic heterocycles. The fourth-order valence-corrected chi connectivity index (χ4v) is 1.19. The third kappa shape index (κ3) is 1.95. The Kier molecular flexibility index (Phi) is 2.49. The van der Waals surface area contributed by atoms with Crippen molar-refractivity contribution in [3.8, 4) is 0 Å². The molecule has 0 aromatic carbocycles. The second-order valence-electron chi connectivity index (χ2n) is 2.85. The molecule has 0 spiro atoms. The highest BCUT2D eigenvalue weighted by Gasteiger charge is 2.14. The van der Waals surface area contributed by atoms with Crippen molar-refractivity contribution in [2.24, 2.45) is 0 Å². The lowest BCUT2D eigenvalue weighted by atomic mass is 10.1. The van der Waals surface area contributed by atoms with Crippen LogP contribution in [-0.2, 0) is 0 Å². The molecule has 0 saturated carbocycles. The first-order valence-corrected chi connectivity index (χ1v) is 3.64. The van der Waals surface area contributed by atoms with Gasteiger partial charge in [-0.05, 0) is 33.4 Å². The van der Waals surface area contributed by atoms with Crippen molar-refractivity contribution in [2.75, 3.05) is 20.6 Å². The van der Waals surface area contributed by atoms with E-state index in [4.69, 9.17) is 0 Å². The van der Waals surface area contributed by atoms with Gasteiger partial charge < -0.3 is 0 Å². The highest BCUT2D eigenvalue weighted by Crippen LogP contribution is 2.09. The fourth-order valence-electron chi connectivity index (χ4n) is 1.19. The van der Waals surface area contributed by atoms with Crippen LogP contribution in [0.15, 0.2) is 0 Å². The van der Waals surface area contributed by atoms with Crippen molar-refractivity contribution in [3.63, 3.8) is 0 Å². The van der Waals surface area contributed by atoms with Gasteiger partial charge in [-0.1, -0.05) is 0 Å². The number of hydrogen-bond donors (Lipinski definition) is 0. The molecule has 1 atom stereocenters. The highest BCUT2D eigenvalue weighted by molar-refractivity contribution is 4.68. The smallest absolute Gasteiger partial charge is 0.0755 e. The molecule has 1 aliphatic rings. The Balaban J connectivity index is 2.23. The Morgan fingerprint density at radius 2 is 2.11 bits per heavy atom. The van der Waals surface area contributed by atoms with Gasteiger partial charge in [0.25, 0.3) is 0 Å². The molecule has 9 heavy (non-hydrogen) atoms. The van der Waals surface area contributed by atoms with Crippen LogP contribution >= 0.6 is 0 Å². The summed E-state index contributed by atoms with van der Waals surface area (Å²) in [5.41, 5.74) is 0. The van der Waals surface area contributed by atoms with E-state index in [1.165, 1.54) is 19.3 Å². The summed E-state index contributed by atoms with van der Waals surface area (Å²) in [6.07, 6.45) is 4.42. The molecular formula is C7H15N2. The zero-order chi connectivity index (χ0) is 6.69. The fraction of sp³-hybridized carbons (Fsp3) is 1.00. The molecule has 1 rings (SSSR count). The summed E-state index contributed by atoms with van der Waals surface area (Å²) in [6, 6.07) is 0. The third-order valence-corrected chi connectivity index (χ3v) is 1.81.